The molecule has 0 spiro atoms. The molecular weight excluding hydrogens is 283 g/mol. The van der Waals surface area contributed by atoms with E-state index in [9.17, 15) is 4.79 Å². The van der Waals surface area contributed by atoms with Crippen molar-refractivity contribution in [2.75, 3.05) is 6.61 Å². The van der Waals surface area contributed by atoms with Crippen LogP contribution in [0.5, 0.6) is 0 Å². The maximum atomic E-state index is 11.3. The maximum absolute atomic E-state index is 11.3. The number of rotatable bonds is 6. The van der Waals surface area contributed by atoms with E-state index in [1.165, 1.54) is 0 Å². The van der Waals surface area contributed by atoms with Gasteiger partial charge in [0.15, 0.2) is 0 Å². The van der Waals surface area contributed by atoms with Crippen LogP contribution in [0.25, 0.3) is 0 Å². The number of esters is 1. The van der Waals surface area contributed by atoms with E-state index < -0.39 is 7.12 Å². The Morgan fingerprint density at radius 1 is 1.32 bits per heavy atom. The van der Waals surface area contributed by atoms with E-state index in [1.807, 2.05) is 40.8 Å². The molecule has 0 atom stereocenters. The molecule has 2 heterocycles. The van der Waals surface area contributed by atoms with Gasteiger partial charge in [-0.3, -0.25) is 9.48 Å². The van der Waals surface area contributed by atoms with E-state index in [0.717, 1.165) is 5.46 Å². The second-order valence-electron chi connectivity index (χ2n) is 6.53. The zero-order valence-electron chi connectivity index (χ0n) is 14.1. The highest BCUT2D eigenvalue weighted by molar-refractivity contribution is 6.61. The molecule has 0 aromatic carbocycles. The third-order valence-corrected chi connectivity index (χ3v) is 4.25. The summed E-state index contributed by atoms with van der Waals surface area (Å²) in [4.78, 5) is 11.3. The van der Waals surface area contributed by atoms with Gasteiger partial charge in [0.25, 0.3) is 0 Å². The number of hydrogen-bond donors (Lipinski definition) is 0. The molecular formula is C15H25BN2O4. The minimum absolute atomic E-state index is 0.166. The molecule has 7 heteroatoms. The van der Waals surface area contributed by atoms with Crippen molar-refractivity contribution >= 4 is 18.6 Å². The van der Waals surface area contributed by atoms with Crippen molar-refractivity contribution in [3.05, 3.63) is 12.4 Å². The van der Waals surface area contributed by atoms with Gasteiger partial charge in [0.2, 0.25) is 0 Å². The van der Waals surface area contributed by atoms with Gasteiger partial charge in [0.05, 0.1) is 17.8 Å². The SMILES string of the molecule is CCOC(=O)CCCn1cc(B2OC(C)(C)C(C)(C)O2)cn1. The highest BCUT2D eigenvalue weighted by atomic mass is 16.7. The fourth-order valence-corrected chi connectivity index (χ4v) is 2.22. The van der Waals surface area contributed by atoms with Gasteiger partial charge in [0.1, 0.15) is 0 Å². The number of ether oxygens (including phenoxy) is 1. The van der Waals surface area contributed by atoms with Crippen molar-refractivity contribution in [1.82, 2.24) is 9.78 Å². The van der Waals surface area contributed by atoms with Gasteiger partial charge in [-0.2, -0.15) is 5.10 Å². The van der Waals surface area contributed by atoms with Crippen LogP contribution in [0, 0.1) is 0 Å². The molecule has 1 aliphatic rings. The number of nitrogens with zero attached hydrogens (tertiary/aromatic N) is 2. The Bertz CT molecular complexity index is 511. The van der Waals surface area contributed by atoms with E-state index in [-0.39, 0.29) is 17.2 Å². The van der Waals surface area contributed by atoms with Gasteiger partial charge < -0.3 is 14.0 Å². The number of aryl methyl sites for hydroxylation is 1. The molecule has 0 unspecified atom stereocenters. The van der Waals surface area contributed by atoms with Gasteiger partial charge in [-0.25, -0.2) is 0 Å². The lowest BCUT2D eigenvalue weighted by molar-refractivity contribution is -0.143. The summed E-state index contributed by atoms with van der Waals surface area (Å²) in [6.45, 7) is 11.0. The van der Waals surface area contributed by atoms with Crippen LogP contribution in [-0.2, 0) is 25.4 Å². The first-order valence-electron chi connectivity index (χ1n) is 7.79. The van der Waals surface area contributed by atoms with Gasteiger partial charge in [-0.1, -0.05) is 0 Å². The molecule has 0 radical (unpaired) electrons. The fraction of sp³-hybridized carbons (Fsp3) is 0.733. The van der Waals surface area contributed by atoms with Crippen LogP contribution in [0.15, 0.2) is 12.4 Å². The minimum Gasteiger partial charge on any atom is -0.466 e. The molecule has 0 aliphatic carbocycles. The molecule has 0 bridgehead atoms. The molecule has 2 rings (SSSR count). The fourth-order valence-electron chi connectivity index (χ4n) is 2.22. The van der Waals surface area contributed by atoms with Crippen molar-refractivity contribution in [3.8, 4) is 0 Å². The molecule has 0 saturated carbocycles. The minimum atomic E-state index is -0.399. The zero-order chi connectivity index (χ0) is 16.4. The monoisotopic (exact) mass is 308 g/mol. The van der Waals surface area contributed by atoms with Gasteiger partial charge >= 0.3 is 13.1 Å². The quantitative estimate of drug-likeness (QED) is 0.589. The van der Waals surface area contributed by atoms with Crippen molar-refractivity contribution in [2.45, 2.75) is 65.2 Å². The molecule has 0 N–H and O–H groups in total. The first kappa shape index (κ1) is 17.0. The molecule has 6 nitrogen and oxygen atoms in total. The Morgan fingerprint density at radius 3 is 2.55 bits per heavy atom. The van der Waals surface area contributed by atoms with Crippen molar-refractivity contribution in [1.29, 1.82) is 0 Å². The second-order valence-corrected chi connectivity index (χ2v) is 6.53. The number of aromatic nitrogens is 2. The average molecular weight is 308 g/mol. The lowest BCUT2D eigenvalue weighted by atomic mass is 9.82. The highest BCUT2D eigenvalue weighted by Gasteiger charge is 2.52. The Morgan fingerprint density at radius 2 is 1.95 bits per heavy atom. The van der Waals surface area contributed by atoms with Crippen LogP contribution in [0.4, 0.5) is 0 Å². The molecule has 1 aromatic heterocycles. The topological polar surface area (TPSA) is 62.6 Å². The Balaban J connectivity index is 1.89. The van der Waals surface area contributed by atoms with E-state index in [1.54, 1.807) is 10.9 Å². The van der Waals surface area contributed by atoms with Crippen LogP contribution < -0.4 is 5.46 Å². The number of carbonyl (C=O) groups excluding carboxylic acids is 1. The van der Waals surface area contributed by atoms with E-state index >= 15 is 0 Å². The van der Waals surface area contributed by atoms with Crippen molar-refractivity contribution in [2.24, 2.45) is 0 Å². The summed E-state index contributed by atoms with van der Waals surface area (Å²) in [5.41, 5.74) is 0.183. The first-order chi connectivity index (χ1) is 10.2. The molecule has 1 aromatic rings. The Labute approximate surface area is 132 Å². The smallest absolute Gasteiger partial charge is 0.466 e. The summed E-state index contributed by atoms with van der Waals surface area (Å²) >= 11 is 0. The number of carbonyl (C=O) groups is 1. The molecule has 22 heavy (non-hydrogen) atoms. The lowest BCUT2D eigenvalue weighted by Gasteiger charge is -2.32. The summed E-state index contributed by atoms with van der Waals surface area (Å²) in [6, 6.07) is 0. The predicted molar refractivity (Wildman–Crippen MR) is 83.8 cm³/mol. The molecule has 1 fully saturated rings. The normalized spacial score (nSPS) is 19.4. The van der Waals surface area contributed by atoms with Crippen LogP contribution in [0.3, 0.4) is 0 Å². The van der Waals surface area contributed by atoms with Crippen LogP contribution in [0.1, 0.15) is 47.5 Å². The molecule has 122 valence electrons. The largest absolute Gasteiger partial charge is 0.498 e. The molecule has 1 aliphatic heterocycles. The van der Waals surface area contributed by atoms with E-state index in [2.05, 4.69) is 5.10 Å². The number of hydrogen-bond acceptors (Lipinski definition) is 5. The zero-order valence-corrected chi connectivity index (χ0v) is 14.1. The third kappa shape index (κ3) is 3.70. The Kier molecular flexibility index (Phi) is 4.97. The second kappa shape index (κ2) is 6.42. The summed E-state index contributed by atoms with van der Waals surface area (Å²) in [5, 5.41) is 4.30. The van der Waals surface area contributed by atoms with Crippen molar-refractivity contribution in [3.63, 3.8) is 0 Å². The van der Waals surface area contributed by atoms with Gasteiger partial charge in [-0.15, -0.1) is 0 Å². The molecule has 0 amide bonds. The lowest BCUT2D eigenvalue weighted by Crippen LogP contribution is -2.41. The van der Waals surface area contributed by atoms with Crippen molar-refractivity contribution < 1.29 is 18.8 Å². The summed E-state index contributed by atoms with van der Waals surface area (Å²) in [7, 11) is -0.399. The van der Waals surface area contributed by atoms with E-state index in [4.69, 9.17) is 14.0 Å². The predicted octanol–water partition coefficient (Wildman–Crippen LogP) is 1.53. The summed E-state index contributed by atoms with van der Waals surface area (Å²) in [5.74, 6) is -0.166. The standard InChI is InChI=1S/C15H25BN2O4/c1-6-20-13(19)8-7-9-18-11-12(10-17-18)16-21-14(2,3)15(4,5)22-16/h10-11H,6-9H2,1-5H3. The maximum Gasteiger partial charge on any atom is 0.498 e. The summed E-state index contributed by atoms with van der Waals surface area (Å²) < 4.78 is 18.7. The first-order valence-corrected chi connectivity index (χ1v) is 7.79. The van der Waals surface area contributed by atoms with Gasteiger partial charge in [-0.05, 0) is 41.0 Å². The van der Waals surface area contributed by atoms with Crippen LogP contribution in [0.2, 0.25) is 0 Å². The Hall–Kier alpha value is -1.34. The van der Waals surface area contributed by atoms with E-state index in [0.29, 0.717) is 26.0 Å². The van der Waals surface area contributed by atoms with Crippen LogP contribution in [-0.4, -0.2) is 40.7 Å². The van der Waals surface area contributed by atoms with Crippen LogP contribution >= 0.6 is 0 Å². The average Bonchev–Trinajstić information content (AvgIpc) is 2.93. The molecule has 1 saturated heterocycles. The highest BCUT2D eigenvalue weighted by Crippen LogP contribution is 2.36. The summed E-state index contributed by atoms with van der Waals surface area (Å²) in [6.07, 6.45) is 4.77. The van der Waals surface area contributed by atoms with Gasteiger partial charge in [0, 0.05) is 30.8 Å². The third-order valence-electron chi connectivity index (χ3n) is 4.25.